The van der Waals surface area contributed by atoms with Gasteiger partial charge in [0.05, 0.1) is 6.54 Å². The first-order chi connectivity index (χ1) is 11.3. The Labute approximate surface area is 143 Å². The zero-order valence-corrected chi connectivity index (χ0v) is 15.6. The van der Waals surface area contributed by atoms with Crippen LogP contribution in [0, 0.1) is 0 Å². The SMILES string of the molecule is CC(C)(C(=O)O)N1CP2CN(CC(=O)O)CP(C1)c1ccccc12. The fourth-order valence-electron chi connectivity index (χ4n) is 3.16. The van der Waals surface area contributed by atoms with Crippen molar-refractivity contribution >= 4 is 38.4 Å². The van der Waals surface area contributed by atoms with E-state index in [1.165, 1.54) is 10.6 Å². The molecule has 0 saturated carbocycles. The molecule has 0 aliphatic carbocycles. The second-order valence-corrected chi connectivity index (χ2v) is 11.0. The summed E-state index contributed by atoms with van der Waals surface area (Å²) in [5.74, 6) is -1.60. The molecule has 6 nitrogen and oxygen atoms in total. The monoisotopic (exact) mass is 368 g/mol. The van der Waals surface area contributed by atoms with Gasteiger partial charge in [0, 0.05) is 25.1 Å². The molecule has 0 amide bonds. The summed E-state index contributed by atoms with van der Waals surface area (Å²) in [5, 5.41) is 21.5. The molecular formula is C16H22N2O4P2. The van der Waals surface area contributed by atoms with E-state index in [9.17, 15) is 19.8 Å². The average Bonchev–Trinajstić information content (AvgIpc) is 2.72. The summed E-state index contributed by atoms with van der Waals surface area (Å²) < 4.78 is 0. The smallest absolute Gasteiger partial charge is 0.323 e. The van der Waals surface area contributed by atoms with E-state index in [1.54, 1.807) is 13.8 Å². The lowest BCUT2D eigenvalue weighted by Crippen LogP contribution is -2.51. The number of carbonyl (C=O) groups is 2. The Kier molecular flexibility index (Phi) is 4.94. The van der Waals surface area contributed by atoms with E-state index in [4.69, 9.17) is 0 Å². The van der Waals surface area contributed by atoms with Crippen LogP contribution in [0.4, 0.5) is 0 Å². The molecule has 2 aliphatic rings. The minimum Gasteiger partial charge on any atom is -0.480 e. The molecule has 2 atom stereocenters. The Morgan fingerprint density at radius 3 is 1.96 bits per heavy atom. The van der Waals surface area contributed by atoms with Crippen LogP contribution in [0.5, 0.6) is 0 Å². The zero-order valence-electron chi connectivity index (χ0n) is 13.8. The van der Waals surface area contributed by atoms with Crippen LogP contribution in [0.2, 0.25) is 0 Å². The van der Waals surface area contributed by atoms with Crippen LogP contribution in [-0.2, 0) is 9.59 Å². The Morgan fingerprint density at radius 2 is 1.54 bits per heavy atom. The minimum atomic E-state index is -0.905. The van der Waals surface area contributed by atoms with Gasteiger partial charge in [-0.1, -0.05) is 24.3 Å². The predicted molar refractivity (Wildman–Crippen MR) is 96.9 cm³/mol. The molecule has 0 radical (unpaired) electrons. The summed E-state index contributed by atoms with van der Waals surface area (Å²) in [5.41, 5.74) is -0.905. The molecule has 0 spiro atoms. The van der Waals surface area contributed by atoms with Crippen LogP contribution in [-0.4, -0.2) is 69.2 Å². The third-order valence-corrected chi connectivity index (χ3v) is 9.83. The maximum Gasteiger partial charge on any atom is 0.323 e. The molecule has 130 valence electrons. The number of carboxylic acids is 2. The normalized spacial score (nSPS) is 24.9. The summed E-state index contributed by atoms with van der Waals surface area (Å²) in [4.78, 5) is 27.0. The molecule has 1 aromatic carbocycles. The van der Waals surface area contributed by atoms with E-state index in [2.05, 4.69) is 17.0 Å². The Balaban J connectivity index is 1.97. The quantitative estimate of drug-likeness (QED) is 0.780. The fraction of sp³-hybridized carbons (Fsp3) is 0.500. The van der Waals surface area contributed by atoms with Gasteiger partial charge in [-0.15, -0.1) is 0 Å². The van der Waals surface area contributed by atoms with E-state index >= 15 is 0 Å². The van der Waals surface area contributed by atoms with Crippen molar-refractivity contribution in [2.24, 2.45) is 0 Å². The van der Waals surface area contributed by atoms with Gasteiger partial charge in [0.25, 0.3) is 0 Å². The maximum absolute atomic E-state index is 11.7. The molecule has 0 saturated heterocycles. The van der Waals surface area contributed by atoms with Crippen molar-refractivity contribution in [1.29, 1.82) is 0 Å². The van der Waals surface area contributed by atoms with Crippen LogP contribution in [0.1, 0.15) is 13.8 Å². The van der Waals surface area contributed by atoms with Gasteiger partial charge in [0.15, 0.2) is 0 Å². The average molecular weight is 368 g/mol. The molecule has 3 rings (SSSR count). The number of benzene rings is 1. The first kappa shape index (κ1) is 17.8. The van der Waals surface area contributed by atoms with E-state index in [1.807, 2.05) is 17.0 Å². The molecule has 0 fully saturated rings. The highest BCUT2D eigenvalue weighted by molar-refractivity contribution is 7.73. The van der Waals surface area contributed by atoms with Crippen LogP contribution >= 0.6 is 15.8 Å². The first-order valence-electron chi connectivity index (χ1n) is 7.80. The molecule has 2 unspecified atom stereocenters. The predicted octanol–water partition coefficient (Wildman–Crippen LogP) is 1.31. The third-order valence-electron chi connectivity index (χ3n) is 4.66. The molecule has 0 aromatic heterocycles. The standard InChI is InChI=1S/C16H22N2O4P2/c1-16(2,15(21)22)18-10-23-8-17(7-14(19)20)9-24(11-18)13-6-4-3-5-12(13)23/h3-6H,7-11H2,1-2H3,(H,19,20)(H,21,22). The highest BCUT2D eigenvalue weighted by atomic mass is 31.1. The van der Waals surface area contributed by atoms with Crippen molar-refractivity contribution in [1.82, 2.24) is 9.80 Å². The van der Waals surface area contributed by atoms with Gasteiger partial charge in [-0.3, -0.25) is 19.4 Å². The Morgan fingerprint density at radius 1 is 1.04 bits per heavy atom. The van der Waals surface area contributed by atoms with Gasteiger partial charge < -0.3 is 10.2 Å². The fourth-order valence-corrected chi connectivity index (χ4v) is 9.60. The molecule has 2 heterocycles. The lowest BCUT2D eigenvalue weighted by atomic mass is 10.1. The number of nitrogens with zero attached hydrogens (tertiary/aromatic N) is 2. The number of hydrogen-bond acceptors (Lipinski definition) is 4. The summed E-state index contributed by atoms with van der Waals surface area (Å²) in [6.45, 7) is 3.60. The minimum absolute atomic E-state index is 0.0635. The first-order valence-corrected chi connectivity index (χ1v) is 11.2. The van der Waals surface area contributed by atoms with Crippen molar-refractivity contribution in [3.63, 3.8) is 0 Å². The van der Waals surface area contributed by atoms with Gasteiger partial charge in [-0.05, 0) is 40.3 Å². The molecular weight excluding hydrogens is 346 g/mol. The van der Waals surface area contributed by atoms with Crippen LogP contribution in [0.3, 0.4) is 0 Å². The van der Waals surface area contributed by atoms with Gasteiger partial charge in [0.1, 0.15) is 5.54 Å². The second kappa shape index (κ2) is 6.68. The molecule has 2 bridgehead atoms. The maximum atomic E-state index is 11.7. The van der Waals surface area contributed by atoms with Crippen molar-refractivity contribution in [3.8, 4) is 0 Å². The van der Waals surface area contributed by atoms with Gasteiger partial charge in [-0.2, -0.15) is 0 Å². The molecule has 24 heavy (non-hydrogen) atoms. The van der Waals surface area contributed by atoms with Gasteiger partial charge in [0.2, 0.25) is 0 Å². The zero-order chi connectivity index (χ0) is 17.5. The van der Waals surface area contributed by atoms with Crippen molar-refractivity contribution < 1.29 is 19.8 Å². The van der Waals surface area contributed by atoms with Gasteiger partial charge in [-0.25, -0.2) is 0 Å². The number of rotatable bonds is 4. The molecule has 2 N–H and O–H groups in total. The number of carboxylic acid groups (broad SMARTS) is 2. The van der Waals surface area contributed by atoms with Crippen LogP contribution in [0.15, 0.2) is 24.3 Å². The Bertz CT molecular complexity index is 632. The van der Waals surface area contributed by atoms with Crippen molar-refractivity contribution in [3.05, 3.63) is 24.3 Å². The Hall–Kier alpha value is -1.06. The number of hydrogen-bond donors (Lipinski definition) is 2. The van der Waals surface area contributed by atoms with Crippen LogP contribution in [0.25, 0.3) is 0 Å². The highest BCUT2D eigenvalue weighted by Crippen LogP contribution is 2.51. The summed E-state index contributed by atoms with van der Waals surface area (Å²) in [6.07, 6.45) is 2.87. The second-order valence-electron chi connectivity index (χ2n) is 6.76. The summed E-state index contributed by atoms with van der Waals surface area (Å²) in [7, 11) is -1.26. The topological polar surface area (TPSA) is 81.1 Å². The molecule has 2 aliphatic heterocycles. The van der Waals surface area contributed by atoms with Crippen LogP contribution < -0.4 is 10.6 Å². The molecule has 8 heteroatoms. The van der Waals surface area contributed by atoms with E-state index in [0.29, 0.717) is 12.6 Å². The highest BCUT2D eigenvalue weighted by Gasteiger charge is 2.42. The third kappa shape index (κ3) is 3.34. The van der Waals surface area contributed by atoms with E-state index in [-0.39, 0.29) is 6.54 Å². The van der Waals surface area contributed by atoms with Crippen molar-refractivity contribution in [2.75, 3.05) is 31.7 Å². The summed E-state index contributed by atoms with van der Waals surface area (Å²) >= 11 is 0. The molecule has 1 aromatic rings. The lowest BCUT2D eigenvalue weighted by Gasteiger charge is -2.40. The van der Waals surface area contributed by atoms with E-state index < -0.39 is 33.3 Å². The van der Waals surface area contributed by atoms with Gasteiger partial charge >= 0.3 is 11.9 Å². The van der Waals surface area contributed by atoms with E-state index in [0.717, 1.165) is 12.6 Å². The lowest BCUT2D eigenvalue weighted by molar-refractivity contribution is -0.148. The van der Waals surface area contributed by atoms with Crippen molar-refractivity contribution in [2.45, 2.75) is 19.4 Å². The number of aliphatic carboxylic acids is 2. The summed E-state index contributed by atoms with van der Waals surface area (Å²) in [6, 6.07) is 8.37. The largest absolute Gasteiger partial charge is 0.480 e.